The fourth-order valence-corrected chi connectivity index (χ4v) is 5.59. The van der Waals surface area contributed by atoms with E-state index in [1.807, 2.05) is 11.5 Å². The SMILES string of the molecule is CC[C@H]1O[C@@H](n2cnc3c(OCC[Si](C)(C)C)nc(NCCCCCCCCCCCCN)nc32)C[C@H]1O. The lowest BCUT2D eigenvalue weighted by Gasteiger charge is -2.17. The number of fused-ring (bicyclic) bond motifs is 1. The standard InChI is InChI=1S/C28H52N6O3Si/c1-5-23-22(35)20-24(37-23)34-21-31-25-26(34)32-28(33-27(25)36-18-19-38(2,3)4)30-17-15-13-11-9-7-6-8-10-12-14-16-29/h21-24,35H,5-20,29H2,1-4H3,(H,30,32,33)/t22-,23-,24-/m1/s1. The Morgan fingerprint density at radius 2 is 1.71 bits per heavy atom. The zero-order valence-electron chi connectivity index (χ0n) is 24.3. The van der Waals surface area contributed by atoms with Crippen LogP contribution in [0.3, 0.4) is 0 Å². The third kappa shape index (κ3) is 9.77. The molecular formula is C28H52N6O3Si. The summed E-state index contributed by atoms with van der Waals surface area (Å²) in [5.41, 5.74) is 6.89. The quantitative estimate of drug-likeness (QED) is 0.147. The summed E-state index contributed by atoms with van der Waals surface area (Å²) in [6, 6.07) is 1.05. The summed E-state index contributed by atoms with van der Waals surface area (Å²) in [6.07, 6.45) is 14.7. The van der Waals surface area contributed by atoms with Gasteiger partial charge in [0.1, 0.15) is 6.23 Å². The Labute approximate surface area is 230 Å². The molecule has 0 bridgehead atoms. The van der Waals surface area contributed by atoms with Crippen molar-refractivity contribution < 1.29 is 14.6 Å². The van der Waals surface area contributed by atoms with Gasteiger partial charge in [-0.05, 0) is 31.9 Å². The van der Waals surface area contributed by atoms with E-state index in [1.54, 1.807) is 6.33 Å². The summed E-state index contributed by atoms with van der Waals surface area (Å²) < 4.78 is 14.2. The maximum Gasteiger partial charge on any atom is 0.247 e. The molecule has 216 valence electrons. The van der Waals surface area contributed by atoms with Crippen LogP contribution in [0.5, 0.6) is 5.88 Å². The Balaban J connectivity index is 1.55. The average molecular weight is 549 g/mol. The molecule has 1 aliphatic rings. The summed E-state index contributed by atoms with van der Waals surface area (Å²) in [5, 5.41) is 13.8. The zero-order valence-corrected chi connectivity index (χ0v) is 25.3. The highest BCUT2D eigenvalue weighted by Gasteiger charge is 2.35. The van der Waals surface area contributed by atoms with Crippen molar-refractivity contribution in [3.8, 4) is 5.88 Å². The Morgan fingerprint density at radius 1 is 1.05 bits per heavy atom. The van der Waals surface area contributed by atoms with Crippen LogP contribution in [0.4, 0.5) is 5.95 Å². The minimum atomic E-state index is -1.24. The molecule has 38 heavy (non-hydrogen) atoms. The summed E-state index contributed by atoms with van der Waals surface area (Å²) in [7, 11) is -1.24. The van der Waals surface area contributed by atoms with E-state index in [1.165, 1.54) is 51.4 Å². The zero-order chi connectivity index (χ0) is 27.4. The Hall–Kier alpha value is -1.75. The van der Waals surface area contributed by atoms with Gasteiger partial charge in [0.15, 0.2) is 11.2 Å². The van der Waals surface area contributed by atoms with Gasteiger partial charge in [-0.1, -0.05) is 77.9 Å². The number of hydrogen-bond acceptors (Lipinski definition) is 8. The number of aliphatic hydroxyl groups is 1. The lowest BCUT2D eigenvalue weighted by atomic mass is 10.1. The van der Waals surface area contributed by atoms with Crippen LogP contribution in [0.1, 0.15) is 90.2 Å². The number of rotatable bonds is 19. The monoisotopic (exact) mass is 548 g/mol. The lowest BCUT2D eigenvalue weighted by Crippen LogP contribution is -2.22. The largest absolute Gasteiger partial charge is 0.476 e. The number of nitrogens with zero attached hydrogens (tertiary/aromatic N) is 4. The molecule has 9 nitrogen and oxygen atoms in total. The third-order valence-electron chi connectivity index (χ3n) is 7.31. The third-order valence-corrected chi connectivity index (χ3v) is 9.02. The first kappa shape index (κ1) is 30.8. The van der Waals surface area contributed by atoms with Gasteiger partial charge in [0.05, 0.1) is 25.1 Å². The van der Waals surface area contributed by atoms with Crippen LogP contribution in [-0.2, 0) is 4.74 Å². The smallest absolute Gasteiger partial charge is 0.247 e. The average Bonchev–Trinajstić information content (AvgIpc) is 3.47. The molecule has 10 heteroatoms. The van der Waals surface area contributed by atoms with Crippen molar-refractivity contribution in [3.05, 3.63) is 6.33 Å². The summed E-state index contributed by atoms with van der Waals surface area (Å²) >= 11 is 0. The number of ether oxygens (including phenoxy) is 2. The first-order valence-corrected chi connectivity index (χ1v) is 18.7. The van der Waals surface area contributed by atoms with Crippen molar-refractivity contribution in [1.29, 1.82) is 0 Å². The van der Waals surface area contributed by atoms with Gasteiger partial charge in [0, 0.05) is 21.0 Å². The number of nitrogens with two attached hydrogens (primary N) is 1. The van der Waals surface area contributed by atoms with Gasteiger partial charge in [-0.2, -0.15) is 9.97 Å². The van der Waals surface area contributed by atoms with Crippen molar-refractivity contribution in [2.45, 2.75) is 128 Å². The normalized spacial score (nSPS) is 19.9. The molecule has 3 heterocycles. The van der Waals surface area contributed by atoms with Gasteiger partial charge in [-0.25, -0.2) is 4.98 Å². The molecular weight excluding hydrogens is 496 g/mol. The summed E-state index contributed by atoms with van der Waals surface area (Å²) in [6.45, 7) is 11.3. The van der Waals surface area contributed by atoms with Crippen molar-refractivity contribution in [2.24, 2.45) is 5.73 Å². The van der Waals surface area contributed by atoms with E-state index < -0.39 is 14.2 Å². The molecule has 1 fully saturated rings. The maximum absolute atomic E-state index is 10.4. The molecule has 0 aliphatic carbocycles. The first-order valence-electron chi connectivity index (χ1n) is 15.0. The second kappa shape index (κ2) is 15.7. The fraction of sp³-hybridized carbons (Fsp3) is 0.821. The molecule has 0 radical (unpaired) electrons. The van der Waals surface area contributed by atoms with Crippen LogP contribution in [-0.4, -0.2) is 64.6 Å². The highest BCUT2D eigenvalue weighted by Crippen LogP contribution is 2.34. The Kier molecular flexibility index (Phi) is 12.8. The molecule has 2 aromatic rings. The predicted octanol–water partition coefficient (Wildman–Crippen LogP) is 5.87. The molecule has 0 spiro atoms. The van der Waals surface area contributed by atoms with E-state index in [0.29, 0.717) is 36.0 Å². The van der Waals surface area contributed by atoms with Crippen LogP contribution in [0.2, 0.25) is 25.7 Å². The van der Waals surface area contributed by atoms with Crippen molar-refractivity contribution in [1.82, 2.24) is 19.5 Å². The summed E-state index contributed by atoms with van der Waals surface area (Å²) in [5.74, 6) is 1.08. The summed E-state index contributed by atoms with van der Waals surface area (Å²) in [4.78, 5) is 14.1. The van der Waals surface area contributed by atoms with Gasteiger partial charge >= 0.3 is 0 Å². The molecule has 3 rings (SSSR count). The molecule has 0 aromatic carbocycles. The molecule has 1 saturated heterocycles. The van der Waals surface area contributed by atoms with Gasteiger partial charge in [-0.15, -0.1) is 0 Å². The van der Waals surface area contributed by atoms with Crippen LogP contribution < -0.4 is 15.8 Å². The Morgan fingerprint density at radius 3 is 2.32 bits per heavy atom. The molecule has 1 aliphatic heterocycles. The fourth-order valence-electron chi connectivity index (χ4n) is 4.87. The molecule has 4 N–H and O–H groups in total. The van der Waals surface area contributed by atoms with E-state index in [9.17, 15) is 5.11 Å². The second-order valence-electron chi connectivity index (χ2n) is 11.9. The van der Waals surface area contributed by atoms with Crippen LogP contribution in [0, 0.1) is 0 Å². The Bertz CT molecular complexity index is 951. The van der Waals surface area contributed by atoms with Gasteiger partial charge in [0.25, 0.3) is 0 Å². The van der Waals surface area contributed by atoms with Crippen molar-refractivity contribution >= 4 is 25.2 Å². The van der Waals surface area contributed by atoms with Crippen molar-refractivity contribution in [2.75, 3.05) is 25.0 Å². The maximum atomic E-state index is 10.4. The second-order valence-corrected chi connectivity index (χ2v) is 17.5. The lowest BCUT2D eigenvalue weighted by molar-refractivity contribution is -0.0183. The van der Waals surface area contributed by atoms with Gasteiger partial charge < -0.3 is 25.6 Å². The van der Waals surface area contributed by atoms with E-state index >= 15 is 0 Å². The van der Waals surface area contributed by atoms with Crippen LogP contribution >= 0.6 is 0 Å². The van der Waals surface area contributed by atoms with Crippen LogP contribution in [0.25, 0.3) is 11.2 Å². The number of hydrogen-bond donors (Lipinski definition) is 3. The minimum absolute atomic E-state index is 0.166. The highest BCUT2D eigenvalue weighted by atomic mass is 28.3. The number of imidazole rings is 1. The van der Waals surface area contributed by atoms with Gasteiger partial charge in [0.2, 0.25) is 11.8 Å². The predicted molar refractivity (Wildman–Crippen MR) is 158 cm³/mol. The number of aliphatic hydroxyl groups excluding tert-OH is 1. The molecule has 0 saturated carbocycles. The number of aromatic nitrogens is 4. The number of unbranched alkanes of at least 4 members (excludes halogenated alkanes) is 9. The molecule has 2 aromatic heterocycles. The van der Waals surface area contributed by atoms with Gasteiger partial charge in [-0.3, -0.25) is 4.57 Å². The number of nitrogens with one attached hydrogen (secondary N) is 1. The molecule has 0 amide bonds. The van der Waals surface area contributed by atoms with E-state index in [2.05, 4.69) is 29.9 Å². The van der Waals surface area contributed by atoms with E-state index in [0.717, 1.165) is 38.4 Å². The topological polar surface area (TPSA) is 120 Å². The van der Waals surface area contributed by atoms with E-state index in [4.69, 9.17) is 25.2 Å². The van der Waals surface area contributed by atoms with Crippen molar-refractivity contribution in [3.63, 3.8) is 0 Å². The van der Waals surface area contributed by atoms with E-state index in [-0.39, 0.29) is 12.3 Å². The van der Waals surface area contributed by atoms with Crippen LogP contribution in [0.15, 0.2) is 6.33 Å². The number of anilines is 1. The molecule has 0 unspecified atom stereocenters. The molecule has 3 atom stereocenters. The minimum Gasteiger partial charge on any atom is -0.476 e. The first-order chi connectivity index (χ1) is 18.3. The highest BCUT2D eigenvalue weighted by molar-refractivity contribution is 6.76.